The smallest absolute Gasteiger partial charge is 0.328 e. The van der Waals surface area contributed by atoms with Gasteiger partial charge in [0.15, 0.2) is 6.04 Å². The van der Waals surface area contributed by atoms with E-state index in [1.807, 2.05) is 0 Å². The van der Waals surface area contributed by atoms with Gasteiger partial charge in [0.05, 0.1) is 31.0 Å². The van der Waals surface area contributed by atoms with Crippen molar-refractivity contribution in [1.82, 2.24) is 36.0 Å². The molecule has 1 aromatic rings. The first kappa shape index (κ1) is 50.2. The molecule has 0 radical (unpaired) electrons. The molecule has 23 heteroatoms. The Morgan fingerprint density at radius 3 is 1.94 bits per heavy atom. The van der Waals surface area contributed by atoms with E-state index in [0.717, 1.165) is 16.7 Å². The number of rotatable bonds is 20. The number of carbonyl (C=O) groups is 8. The molecule has 3 heterocycles. The fourth-order valence-electron chi connectivity index (χ4n) is 7.99. The molecule has 14 N–H and O–H groups in total. The summed E-state index contributed by atoms with van der Waals surface area (Å²) < 4.78 is 0. The zero-order valence-electron chi connectivity index (χ0n) is 35.3. The molecule has 0 unspecified atom stereocenters. The lowest BCUT2D eigenvalue weighted by molar-refractivity contribution is -0.149. The molecule has 350 valence electrons. The number of aliphatic carboxylic acids is 1. The Balaban J connectivity index is 1.54. The summed E-state index contributed by atoms with van der Waals surface area (Å²) in [6.45, 7) is 1.37. The number of carboxylic acids is 1. The molecule has 7 amide bonds. The van der Waals surface area contributed by atoms with Crippen molar-refractivity contribution in [3.8, 4) is 5.75 Å². The molecule has 11 atom stereocenters. The minimum atomic E-state index is -1.74. The van der Waals surface area contributed by atoms with Crippen LogP contribution in [0.15, 0.2) is 24.3 Å². The van der Waals surface area contributed by atoms with Gasteiger partial charge in [-0.05, 0) is 70.2 Å². The molecule has 0 spiro atoms. The number of phenolic OH excluding ortho intramolecular Hbond substituents is 1. The first-order valence-corrected chi connectivity index (χ1v) is 21.0. The van der Waals surface area contributed by atoms with Gasteiger partial charge in [0.2, 0.25) is 41.4 Å². The first-order chi connectivity index (χ1) is 29.8. The number of nitrogens with one attached hydrogen (secondary N) is 4. The van der Waals surface area contributed by atoms with Crippen molar-refractivity contribution in [3.05, 3.63) is 29.8 Å². The van der Waals surface area contributed by atoms with Crippen LogP contribution in [-0.2, 0) is 44.8 Å². The van der Waals surface area contributed by atoms with Crippen LogP contribution in [0, 0.1) is 0 Å². The van der Waals surface area contributed by atoms with E-state index >= 15 is 0 Å². The number of likely N-dealkylation sites (tertiary alicyclic amines) is 3. The lowest BCUT2D eigenvalue weighted by Gasteiger charge is -2.33. The molecule has 3 saturated heterocycles. The highest BCUT2D eigenvalue weighted by Crippen LogP contribution is 2.27. The summed E-state index contributed by atoms with van der Waals surface area (Å²) in [6.07, 6.45) is -2.96. The number of benzene rings is 1. The molecule has 4 rings (SSSR count). The molecule has 0 aliphatic carbocycles. The van der Waals surface area contributed by atoms with Crippen molar-refractivity contribution in [3.63, 3.8) is 0 Å². The van der Waals surface area contributed by atoms with Crippen molar-refractivity contribution in [2.24, 2.45) is 11.5 Å². The van der Waals surface area contributed by atoms with E-state index in [-0.39, 0.29) is 50.9 Å². The molecule has 0 bridgehead atoms. The fraction of sp³-hybridized carbons (Fsp3) is 0.650. The van der Waals surface area contributed by atoms with Gasteiger partial charge < -0.3 is 78.1 Å². The molecule has 3 fully saturated rings. The Kier molecular flexibility index (Phi) is 18.1. The Hall–Kier alpha value is -5.46. The van der Waals surface area contributed by atoms with Crippen LogP contribution < -0.4 is 32.7 Å². The third-order valence-electron chi connectivity index (χ3n) is 11.4. The quantitative estimate of drug-likeness (QED) is 0.0544. The number of carboxylic acid groups (broad SMARTS) is 1. The minimum absolute atomic E-state index is 0.103. The van der Waals surface area contributed by atoms with E-state index in [0.29, 0.717) is 31.4 Å². The Morgan fingerprint density at radius 1 is 0.762 bits per heavy atom. The van der Waals surface area contributed by atoms with Crippen LogP contribution in [0.2, 0.25) is 0 Å². The van der Waals surface area contributed by atoms with Crippen LogP contribution in [0.1, 0.15) is 64.4 Å². The predicted molar refractivity (Wildman–Crippen MR) is 219 cm³/mol. The average Bonchev–Trinajstić information content (AvgIpc) is 3.99. The summed E-state index contributed by atoms with van der Waals surface area (Å²) in [5.41, 5.74) is 11.8. The molecule has 0 aromatic heterocycles. The van der Waals surface area contributed by atoms with Gasteiger partial charge in [-0.2, -0.15) is 0 Å². The number of aliphatic hydroxyl groups excluding tert-OH is 4. The van der Waals surface area contributed by atoms with E-state index in [2.05, 4.69) is 21.3 Å². The van der Waals surface area contributed by atoms with Crippen molar-refractivity contribution in [2.45, 2.75) is 132 Å². The number of hydrogen-bond acceptors (Lipinski definition) is 15. The van der Waals surface area contributed by atoms with Gasteiger partial charge in [-0.25, -0.2) is 4.79 Å². The average molecular weight is 892 g/mol. The highest BCUT2D eigenvalue weighted by molar-refractivity contribution is 5.98. The maximum atomic E-state index is 14.5. The van der Waals surface area contributed by atoms with E-state index in [1.54, 1.807) is 0 Å². The summed E-state index contributed by atoms with van der Waals surface area (Å²) in [4.78, 5) is 111. The van der Waals surface area contributed by atoms with Gasteiger partial charge >= 0.3 is 5.97 Å². The lowest BCUT2D eigenvalue weighted by Crippen LogP contribution is -2.60. The zero-order chi connectivity index (χ0) is 46.7. The maximum absolute atomic E-state index is 14.5. The monoisotopic (exact) mass is 891 g/mol. The van der Waals surface area contributed by atoms with Gasteiger partial charge in [-0.1, -0.05) is 12.1 Å². The fourth-order valence-corrected chi connectivity index (χ4v) is 7.99. The molecular weight excluding hydrogens is 830 g/mol. The standard InChI is InChI=1S/C40H61N9O14/c1-20(42)33(55)43-26(6-3-4-12-41)37(59)47-13-5-7-29(47)35(57)45-28(19-50)34(56)44-27(14-22-8-10-23(52)11-9-22)38(60)49-18-25(54)16-31(49)39(61)48-17-24(53)15-30(48)36(58)46-32(21(2)51)40(62)63/h8-11,20-21,24-32,50-54H,3-7,12-19,41-42H2,1-2H3,(H,43,55)(H,44,56)(H,45,57)(H,46,58)(H,62,63)/t20-,21+,24+,25+,26-,27-,28-,29-,30-,31-,32-/m0/s1. The molecule has 1 aromatic carbocycles. The number of nitrogens with zero attached hydrogens (tertiary/aromatic N) is 3. The highest BCUT2D eigenvalue weighted by Gasteiger charge is 2.48. The second-order valence-corrected chi connectivity index (χ2v) is 16.4. The number of nitrogens with two attached hydrogens (primary N) is 2. The van der Waals surface area contributed by atoms with Crippen LogP contribution in [-0.4, -0.2) is 192 Å². The van der Waals surface area contributed by atoms with Crippen LogP contribution >= 0.6 is 0 Å². The lowest BCUT2D eigenvalue weighted by atomic mass is 10.0. The third kappa shape index (κ3) is 13.0. The Morgan fingerprint density at radius 2 is 1.35 bits per heavy atom. The minimum Gasteiger partial charge on any atom is -0.508 e. The topological polar surface area (TPSA) is 368 Å². The third-order valence-corrected chi connectivity index (χ3v) is 11.4. The molecule has 23 nitrogen and oxygen atoms in total. The van der Waals surface area contributed by atoms with Crippen molar-refractivity contribution >= 4 is 47.3 Å². The van der Waals surface area contributed by atoms with Gasteiger partial charge in [0.1, 0.15) is 42.0 Å². The van der Waals surface area contributed by atoms with Crippen LogP contribution in [0.4, 0.5) is 0 Å². The summed E-state index contributed by atoms with van der Waals surface area (Å²) >= 11 is 0. The predicted octanol–water partition coefficient (Wildman–Crippen LogP) is -5.28. The summed E-state index contributed by atoms with van der Waals surface area (Å²) in [7, 11) is 0. The second-order valence-electron chi connectivity index (χ2n) is 16.4. The SMILES string of the molecule is C[C@H](N)C(=O)N[C@@H](CCCCN)C(=O)N1CCC[C@H]1C(=O)N[C@@H](CO)C(=O)N[C@@H](Cc1ccc(O)cc1)C(=O)N1C[C@H](O)C[C@H]1C(=O)N1C[C@H](O)C[C@H]1C(=O)N[C@H](C(=O)O)[C@@H](C)O. The highest BCUT2D eigenvalue weighted by atomic mass is 16.4. The number of unbranched alkanes of at least 4 members (excludes halogenated alkanes) is 1. The number of aliphatic hydroxyl groups is 4. The molecule has 3 aliphatic rings. The van der Waals surface area contributed by atoms with Gasteiger partial charge in [-0.15, -0.1) is 0 Å². The number of amides is 7. The van der Waals surface area contributed by atoms with Crippen molar-refractivity contribution in [2.75, 3.05) is 32.8 Å². The van der Waals surface area contributed by atoms with Gasteiger partial charge in [-0.3, -0.25) is 33.6 Å². The number of aromatic hydroxyl groups is 1. The Labute approximate surface area is 363 Å². The maximum Gasteiger partial charge on any atom is 0.328 e. The Bertz CT molecular complexity index is 1820. The second kappa shape index (κ2) is 22.8. The van der Waals surface area contributed by atoms with Crippen LogP contribution in [0.25, 0.3) is 0 Å². The largest absolute Gasteiger partial charge is 0.508 e. The summed E-state index contributed by atoms with van der Waals surface area (Å²) in [5, 5.41) is 70.6. The molecule has 0 saturated carbocycles. The summed E-state index contributed by atoms with van der Waals surface area (Å²) in [6, 6.07) is -5.19. The normalized spacial score (nSPS) is 23.8. The zero-order valence-corrected chi connectivity index (χ0v) is 35.3. The van der Waals surface area contributed by atoms with Gasteiger partial charge in [0.25, 0.3) is 0 Å². The molecule has 63 heavy (non-hydrogen) atoms. The summed E-state index contributed by atoms with van der Waals surface area (Å²) in [5.74, 6) is -7.33. The number of hydrogen-bond donors (Lipinski definition) is 12. The van der Waals surface area contributed by atoms with Crippen molar-refractivity contribution < 1.29 is 69.0 Å². The van der Waals surface area contributed by atoms with Crippen molar-refractivity contribution in [1.29, 1.82) is 0 Å². The number of β-amino-alcohol motifs (C(OH)–C–C–N with tert-alkyl or cyclic N) is 2. The number of carbonyl (C=O) groups excluding carboxylic acids is 7. The number of phenols is 1. The first-order valence-electron chi connectivity index (χ1n) is 21.0. The van der Waals surface area contributed by atoms with Crippen LogP contribution in [0.3, 0.4) is 0 Å². The van der Waals surface area contributed by atoms with Crippen LogP contribution in [0.5, 0.6) is 5.75 Å². The van der Waals surface area contributed by atoms with E-state index in [1.165, 1.54) is 36.1 Å². The molecule has 3 aliphatic heterocycles. The van der Waals surface area contributed by atoms with E-state index in [9.17, 15) is 69.0 Å². The van der Waals surface area contributed by atoms with Gasteiger partial charge in [0, 0.05) is 38.9 Å². The molecular formula is C40H61N9O14. The van der Waals surface area contributed by atoms with E-state index in [4.69, 9.17) is 11.5 Å². The van der Waals surface area contributed by atoms with E-state index < -0.39 is 127 Å².